The number of hydrogen-bond acceptors (Lipinski definition) is 7. The van der Waals surface area contributed by atoms with Gasteiger partial charge in [0.2, 0.25) is 15.0 Å². The minimum atomic E-state index is -3.70. The summed E-state index contributed by atoms with van der Waals surface area (Å²) >= 11 is 1.38. The second-order valence-corrected chi connectivity index (χ2v) is 8.73. The highest BCUT2D eigenvalue weighted by Gasteiger charge is 2.16. The van der Waals surface area contributed by atoms with Crippen molar-refractivity contribution in [2.45, 2.75) is 31.3 Å². The van der Waals surface area contributed by atoms with Gasteiger partial charge in [-0.3, -0.25) is 9.69 Å². The monoisotopic (exact) mass is 393 g/mol. The van der Waals surface area contributed by atoms with Crippen molar-refractivity contribution in [3.8, 4) is 0 Å². The van der Waals surface area contributed by atoms with E-state index in [1.54, 1.807) is 19.1 Å². The molecule has 10 heteroatoms. The summed E-state index contributed by atoms with van der Waals surface area (Å²) in [5, 5.41) is 10.2. The zero-order valence-electron chi connectivity index (χ0n) is 14.6. The topological polar surface area (TPSA) is 111 Å². The van der Waals surface area contributed by atoms with Gasteiger partial charge in [-0.1, -0.05) is 23.5 Å². The van der Waals surface area contributed by atoms with Gasteiger partial charge in [-0.15, -0.1) is 0 Å². The number of nitrogens with two attached hydrogens (primary N) is 1. The van der Waals surface area contributed by atoms with E-state index in [9.17, 15) is 13.2 Å². The predicted octanol–water partition coefficient (Wildman–Crippen LogP) is 1.30. The van der Waals surface area contributed by atoms with Crippen LogP contribution in [0.15, 0.2) is 40.0 Å². The van der Waals surface area contributed by atoms with Crippen molar-refractivity contribution in [2.75, 3.05) is 7.05 Å². The zero-order chi connectivity index (χ0) is 19.1. The van der Waals surface area contributed by atoms with Gasteiger partial charge >= 0.3 is 0 Å². The van der Waals surface area contributed by atoms with Crippen LogP contribution in [0.2, 0.25) is 0 Å². The van der Waals surface area contributed by atoms with Gasteiger partial charge < -0.3 is 0 Å². The normalized spacial score (nSPS) is 13.4. The third-order valence-electron chi connectivity index (χ3n) is 4.15. The highest BCUT2D eigenvalue weighted by molar-refractivity contribution is 7.89. The van der Waals surface area contributed by atoms with Crippen LogP contribution >= 0.6 is 11.3 Å². The summed E-state index contributed by atoms with van der Waals surface area (Å²) in [6.07, 6.45) is 0. The van der Waals surface area contributed by atoms with Crippen LogP contribution in [0.3, 0.4) is 0 Å². The maximum absolute atomic E-state index is 12.0. The van der Waals surface area contributed by atoms with Crippen LogP contribution in [0, 0.1) is 6.92 Å². The highest BCUT2D eigenvalue weighted by Crippen LogP contribution is 2.23. The van der Waals surface area contributed by atoms with E-state index >= 15 is 0 Å². The molecule has 2 aromatic heterocycles. The van der Waals surface area contributed by atoms with Crippen molar-refractivity contribution >= 4 is 26.3 Å². The molecule has 0 saturated heterocycles. The van der Waals surface area contributed by atoms with Crippen LogP contribution in [0.1, 0.15) is 29.2 Å². The summed E-state index contributed by atoms with van der Waals surface area (Å²) in [6, 6.07) is 7.96. The van der Waals surface area contributed by atoms with Crippen molar-refractivity contribution < 1.29 is 8.42 Å². The molecule has 0 amide bonds. The Morgan fingerprint density at radius 3 is 2.58 bits per heavy atom. The van der Waals surface area contributed by atoms with Crippen LogP contribution in [-0.4, -0.2) is 35.0 Å². The lowest BCUT2D eigenvalue weighted by molar-refractivity contribution is 0.252. The number of sulfonamides is 1. The lowest BCUT2D eigenvalue weighted by Crippen LogP contribution is -2.22. The van der Waals surface area contributed by atoms with Crippen LogP contribution < -0.4 is 10.7 Å². The molecule has 1 aromatic carbocycles. The Morgan fingerprint density at radius 1 is 1.31 bits per heavy atom. The Balaban J connectivity index is 1.80. The van der Waals surface area contributed by atoms with Gasteiger partial charge in [0, 0.05) is 17.8 Å². The molecule has 3 rings (SSSR count). The Bertz CT molecular complexity index is 1100. The Morgan fingerprint density at radius 2 is 1.96 bits per heavy atom. The highest BCUT2D eigenvalue weighted by atomic mass is 32.2. The summed E-state index contributed by atoms with van der Waals surface area (Å²) in [6.45, 7) is 4.32. The Labute approximate surface area is 155 Å². The molecule has 0 radical (unpaired) electrons. The van der Waals surface area contributed by atoms with Gasteiger partial charge in [0.25, 0.3) is 5.56 Å². The minimum Gasteiger partial charge on any atom is -0.293 e. The molecule has 8 nitrogen and oxygen atoms in total. The van der Waals surface area contributed by atoms with Crippen molar-refractivity contribution in [1.82, 2.24) is 19.5 Å². The van der Waals surface area contributed by atoms with E-state index in [0.717, 1.165) is 10.6 Å². The largest absolute Gasteiger partial charge is 0.293 e. The van der Waals surface area contributed by atoms with E-state index in [1.165, 1.54) is 34.1 Å². The van der Waals surface area contributed by atoms with Gasteiger partial charge in [0.05, 0.1) is 11.4 Å². The van der Waals surface area contributed by atoms with E-state index < -0.39 is 10.0 Å². The average Bonchev–Trinajstić information content (AvgIpc) is 2.96. The fourth-order valence-electron chi connectivity index (χ4n) is 2.56. The first-order chi connectivity index (χ1) is 12.1. The van der Waals surface area contributed by atoms with Gasteiger partial charge in [-0.2, -0.15) is 9.61 Å². The summed E-state index contributed by atoms with van der Waals surface area (Å²) in [5.74, 6) is 0. The molecule has 138 valence electrons. The number of aromatic nitrogens is 3. The number of fused-ring (bicyclic) bond motifs is 1. The summed E-state index contributed by atoms with van der Waals surface area (Å²) < 4.78 is 24.0. The molecule has 2 heterocycles. The molecule has 0 aliphatic carbocycles. The molecule has 1 atom stereocenters. The standard InChI is InChI=1S/C16H19N5O3S2/c1-10-8-15(22)21-16(18-10)25-14(19-21)9-20(3)11(2)12-4-6-13(7-5-12)26(17,23)24/h4-8,11H,9H2,1-3H3,(H2,17,23,24). The molecule has 0 bridgehead atoms. The third-order valence-corrected chi connectivity index (χ3v) is 5.97. The molecule has 26 heavy (non-hydrogen) atoms. The van der Waals surface area contributed by atoms with E-state index in [2.05, 4.69) is 15.0 Å². The fourth-order valence-corrected chi connectivity index (χ4v) is 4.09. The number of benzene rings is 1. The maximum Gasteiger partial charge on any atom is 0.275 e. The molecule has 2 N–H and O–H groups in total. The van der Waals surface area contributed by atoms with Crippen LogP contribution in [-0.2, 0) is 16.6 Å². The first kappa shape index (κ1) is 18.6. The molecule has 0 fully saturated rings. The molecule has 3 aromatic rings. The van der Waals surface area contributed by atoms with Crippen molar-refractivity contribution in [2.24, 2.45) is 5.14 Å². The SMILES string of the molecule is Cc1cc(=O)n2nc(CN(C)C(C)c3ccc(S(N)(=O)=O)cc3)sc2n1. The number of hydrogen-bond donors (Lipinski definition) is 1. The lowest BCUT2D eigenvalue weighted by Gasteiger charge is -2.24. The van der Waals surface area contributed by atoms with E-state index in [-0.39, 0.29) is 16.5 Å². The van der Waals surface area contributed by atoms with Gasteiger partial charge in [0.15, 0.2) is 0 Å². The average molecular weight is 393 g/mol. The maximum atomic E-state index is 12.0. The summed E-state index contributed by atoms with van der Waals surface area (Å²) in [4.78, 5) is 19.0. The van der Waals surface area contributed by atoms with E-state index in [1.807, 2.05) is 14.0 Å². The summed E-state index contributed by atoms with van der Waals surface area (Å²) in [5.41, 5.74) is 1.43. The van der Waals surface area contributed by atoms with Gasteiger partial charge in [-0.25, -0.2) is 18.5 Å². The first-order valence-corrected chi connectivity index (χ1v) is 10.2. The number of primary sulfonamides is 1. The number of aryl methyl sites for hydroxylation is 1. The van der Waals surface area contributed by atoms with E-state index in [0.29, 0.717) is 17.2 Å². The van der Waals surface area contributed by atoms with Crippen LogP contribution in [0.4, 0.5) is 0 Å². The minimum absolute atomic E-state index is 0.0166. The van der Waals surface area contributed by atoms with Crippen molar-refractivity contribution in [1.29, 1.82) is 0 Å². The van der Waals surface area contributed by atoms with E-state index in [4.69, 9.17) is 5.14 Å². The molecular formula is C16H19N5O3S2. The molecular weight excluding hydrogens is 374 g/mol. The molecule has 0 aliphatic rings. The zero-order valence-corrected chi connectivity index (χ0v) is 16.2. The third kappa shape index (κ3) is 3.83. The quantitative estimate of drug-likeness (QED) is 0.699. The van der Waals surface area contributed by atoms with Crippen LogP contribution in [0.5, 0.6) is 0 Å². The summed E-state index contributed by atoms with van der Waals surface area (Å²) in [7, 11) is -1.76. The molecule has 0 saturated carbocycles. The molecule has 0 aliphatic heterocycles. The van der Waals surface area contributed by atoms with Gasteiger partial charge in [0.1, 0.15) is 5.01 Å². The molecule has 1 unspecified atom stereocenters. The van der Waals surface area contributed by atoms with Crippen molar-refractivity contribution in [3.63, 3.8) is 0 Å². The van der Waals surface area contributed by atoms with Crippen molar-refractivity contribution in [3.05, 3.63) is 57.0 Å². The number of rotatable bonds is 5. The second kappa shape index (κ2) is 6.88. The number of nitrogens with zero attached hydrogens (tertiary/aromatic N) is 4. The first-order valence-electron chi connectivity index (χ1n) is 7.84. The molecule has 0 spiro atoms. The van der Waals surface area contributed by atoms with Crippen LogP contribution in [0.25, 0.3) is 4.96 Å². The second-order valence-electron chi connectivity index (χ2n) is 6.13. The Kier molecular flexibility index (Phi) is 4.93. The predicted molar refractivity (Wildman–Crippen MR) is 99.6 cm³/mol. The Hall–Kier alpha value is -2.14. The fraction of sp³-hybridized carbons (Fsp3) is 0.312. The van der Waals surface area contributed by atoms with Gasteiger partial charge in [-0.05, 0) is 38.6 Å². The smallest absolute Gasteiger partial charge is 0.275 e. The lowest BCUT2D eigenvalue weighted by atomic mass is 10.1.